The molecule has 1 aromatic carbocycles. The molecular formula is C11H14N4O2S2. The predicted molar refractivity (Wildman–Crippen MR) is 74.5 cm³/mol. The lowest BCUT2D eigenvalue weighted by Crippen LogP contribution is -2.13. The predicted octanol–water partition coefficient (Wildman–Crippen LogP) is 1.67. The first-order valence-corrected chi connectivity index (χ1v) is 7.88. The van der Waals surface area contributed by atoms with Crippen LogP contribution < -0.4 is 10.5 Å². The van der Waals surface area contributed by atoms with Crippen LogP contribution in [-0.2, 0) is 10.0 Å². The maximum Gasteiger partial charge on any atom is 0.238 e. The summed E-state index contributed by atoms with van der Waals surface area (Å²) < 4.78 is 26.7. The summed E-state index contributed by atoms with van der Waals surface area (Å²) >= 11 is 1.27. The van der Waals surface area contributed by atoms with Gasteiger partial charge in [-0.25, -0.2) is 18.5 Å². The van der Waals surface area contributed by atoms with Crippen molar-refractivity contribution >= 4 is 26.7 Å². The van der Waals surface area contributed by atoms with E-state index in [0.29, 0.717) is 11.0 Å². The fourth-order valence-electron chi connectivity index (χ4n) is 1.59. The van der Waals surface area contributed by atoms with Gasteiger partial charge >= 0.3 is 0 Å². The van der Waals surface area contributed by atoms with Crippen LogP contribution in [0.4, 0.5) is 5.13 Å². The fraction of sp³-hybridized carbons (Fsp3) is 0.273. The second-order valence-electron chi connectivity index (χ2n) is 4.13. The largest absolute Gasteiger partial charge is 0.354 e. The van der Waals surface area contributed by atoms with Crippen LogP contribution in [0.15, 0.2) is 29.2 Å². The van der Waals surface area contributed by atoms with Crippen LogP contribution in [0.1, 0.15) is 24.4 Å². The molecule has 2 rings (SSSR count). The smallest absolute Gasteiger partial charge is 0.238 e. The molecule has 0 aliphatic heterocycles. The minimum atomic E-state index is -3.68. The Balaban J connectivity index is 2.22. The molecule has 0 saturated carbocycles. The highest BCUT2D eigenvalue weighted by molar-refractivity contribution is 7.89. The zero-order valence-electron chi connectivity index (χ0n) is 10.5. The lowest BCUT2D eigenvalue weighted by atomic mass is 10.1. The summed E-state index contributed by atoms with van der Waals surface area (Å²) in [6.45, 7) is 3.73. The van der Waals surface area contributed by atoms with E-state index in [4.69, 9.17) is 5.14 Å². The second-order valence-corrected chi connectivity index (χ2v) is 6.44. The number of aromatic nitrogens is 2. The van der Waals surface area contributed by atoms with E-state index < -0.39 is 10.0 Å². The number of rotatable bonds is 4. The number of hydrogen-bond donors (Lipinski definition) is 2. The molecule has 6 nitrogen and oxygen atoms in total. The SMILES string of the molecule is Cc1nsc(N[C@H](C)c2cccc(S(N)(=O)=O)c2)n1. The topological polar surface area (TPSA) is 98.0 Å². The van der Waals surface area contributed by atoms with E-state index in [-0.39, 0.29) is 10.9 Å². The molecule has 1 heterocycles. The summed E-state index contributed by atoms with van der Waals surface area (Å²) in [5, 5.41) is 8.98. The Morgan fingerprint density at radius 1 is 1.42 bits per heavy atom. The molecule has 102 valence electrons. The maximum atomic E-state index is 11.3. The van der Waals surface area contributed by atoms with Gasteiger partial charge in [0.2, 0.25) is 15.2 Å². The molecule has 0 aliphatic carbocycles. The van der Waals surface area contributed by atoms with Crippen LogP contribution in [-0.4, -0.2) is 17.8 Å². The van der Waals surface area contributed by atoms with Crippen molar-refractivity contribution in [3.63, 3.8) is 0 Å². The Bertz CT molecular complexity index is 682. The third kappa shape index (κ3) is 3.49. The number of nitrogens with one attached hydrogen (secondary N) is 1. The number of aryl methyl sites for hydroxylation is 1. The van der Waals surface area contributed by atoms with Gasteiger partial charge in [-0.1, -0.05) is 12.1 Å². The molecule has 1 atom stereocenters. The van der Waals surface area contributed by atoms with Crippen LogP contribution >= 0.6 is 11.5 Å². The second kappa shape index (κ2) is 5.24. The Labute approximate surface area is 115 Å². The average molecular weight is 298 g/mol. The zero-order chi connectivity index (χ0) is 14.0. The highest BCUT2D eigenvalue weighted by atomic mass is 32.2. The van der Waals surface area contributed by atoms with Crippen molar-refractivity contribution in [3.05, 3.63) is 35.7 Å². The van der Waals surface area contributed by atoms with Crippen molar-refractivity contribution in [2.75, 3.05) is 5.32 Å². The van der Waals surface area contributed by atoms with Crippen molar-refractivity contribution in [2.45, 2.75) is 24.8 Å². The molecule has 0 radical (unpaired) electrons. The zero-order valence-corrected chi connectivity index (χ0v) is 12.1. The van der Waals surface area contributed by atoms with Crippen LogP contribution in [0.25, 0.3) is 0 Å². The molecular weight excluding hydrogens is 284 g/mol. The van der Waals surface area contributed by atoms with Crippen LogP contribution in [0.3, 0.4) is 0 Å². The van der Waals surface area contributed by atoms with Gasteiger partial charge in [-0.2, -0.15) is 4.37 Å². The molecule has 3 N–H and O–H groups in total. The summed E-state index contributed by atoms with van der Waals surface area (Å²) in [6.07, 6.45) is 0. The van der Waals surface area contributed by atoms with E-state index in [0.717, 1.165) is 5.56 Å². The number of sulfonamides is 1. The summed E-state index contributed by atoms with van der Waals surface area (Å²) in [5.41, 5.74) is 0.819. The highest BCUT2D eigenvalue weighted by Gasteiger charge is 2.12. The van der Waals surface area contributed by atoms with Crippen molar-refractivity contribution < 1.29 is 8.42 Å². The monoisotopic (exact) mass is 298 g/mol. The lowest BCUT2D eigenvalue weighted by Gasteiger charge is -2.13. The summed E-state index contributed by atoms with van der Waals surface area (Å²) in [5.74, 6) is 0.706. The van der Waals surface area contributed by atoms with E-state index in [1.54, 1.807) is 12.1 Å². The molecule has 0 spiro atoms. The van der Waals surface area contributed by atoms with Crippen molar-refractivity contribution in [1.29, 1.82) is 0 Å². The van der Waals surface area contributed by atoms with E-state index in [1.165, 1.54) is 17.6 Å². The van der Waals surface area contributed by atoms with E-state index in [1.807, 2.05) is 19.9 Å². The number of primary sulfonamides is 1. The number of anilines is 1. The molecule has 2 aromatic rings. The molecule has 0 unspecified atom stereocenters. The molecule has 0 bridgehead atoms. The molecule has 0 fully saturated rings. The van der Waals surface area contributed by atoms with Gasteiger partial charge in [0.05, 0.1) is 10.9 Å². The van der Waals surface area contributed by atoms with Crippen molar-refractivity contribution in [3.8, 4) is 0 Å². The van der Waals surface area contributed by atoms with E-state index >= 15 is 0 Å². The summed E-state index contributed by atoms with van der Waals surface area (Å²) in [7, 11) is -3.68. The minimum absolute atomic E-state index is 0.0888. The Hall–Kier alpha value is -1.51. The number of nitrogens with two attached hydrogens (primary N) is 1. The quantitative estimate of drug-likeness (QED) is 0.894. The first-order valence-electron chi connectivity index (χ1n) is 5.56. The standard InChI is InChI=1S/C11H14N4O2S2/c1-7(13-11-14-8(2)15-18-11)9-4-3-5-10(6-9)19(12,16)17/h3-7H,1-2H3,(H2,12,16,17)(H,13,14,15)/t7-/m1/s1. The first kappa shape index (κ1) is 13.9. The number of nitrogens with zero attached hydrogens (tertiary/aromatic N) is 2. The molecule has 0 amide bonds. The van der Waals surface area contributed by atoms with E-state index in [9.17, 15) is 8.42 Å². The maximum absolute atomic E-state index is 11.3. The summed E-state index contributed by atoms with van der Waals surface area (Å²) in [6, 6.07) is 6.44. The van der Waals surface area contributed by atoms with Gasteiger partial charge in [-0.15, -0.1) is 0 Å². The molecule has 19 heavy (non-hydrogen) atoms. The first-order chi connectivity index (χ1) is 8.86. The average Bonchev–Trinajstić information content (AvgIpc) is 2.74. The Morgan fingerprint density at radius 2 is 2.16 bits per heavy atom. The van der Waals surface area contributed by atoms with Gasteiger partial charge < -0.3 is 5.32 Å². The normalized spacial score (nSPS) is 13.2. The van der Waals surface area contributed by atoms with Gasteiger partial charge in [0.1, 0.15) is 5.82 Å². The Morgan fingerprint density at radius 3 is 2.74 bits per heavy atom. The van der Waals surface area contributed by atoms with Crippen LogP contribution in [0.2, 0.25) is 0 Å². The molecule has 8 heteroatoms. The fourth-order valence-corrected chi connectivity index (χ4v) is 2.82. The van der Waals surface area contributed by atoms with Crippen LogP contribution in [0, 0.1) is 6.92 Å². The number of hydrogen-bond acceptors (Lipinski definition) is 6. The number of benzene rings is 1. The third-order valence-corrected chi connectivity index (χ3v) is 4.20. The summed E-state index contributed by atoms with van der Waals surface area (Å²) in [4.78, 5) is 4.30. The lowest BCUT2D eigenvalue weighted by molar-refractivity contribution is 0.597. The van der Waals surface area contributed by atoms with Crippen molar-refractivity contribution in [1.82, 2.24) is 9.36 Å². The Kier molecular flexibility index (Phi) is 3.83. The van der Waals surface area contributed by atoms with Crippen LogP contribution in [0.5, 0.6) is 0 Å². The minimum Gasteiger partial charge on any atom is -0.354 e. The molecule has 0 saturated heterocycles. The van der Waals surface area contributed by atoms with Gasteiger partial charge in [0.25, 0.3) is 0 Å². The highest BCUT2D eigenvalue weighted by Crippen LogP contribution is 2.22. The van der Waals surface area contributed by atoms with Gasteiger partial charge in [-0.05, 0) is 31.5 Å². The van der Waals surface area contributed by atoms with Gasteiger partial charge in [-0.3, -0.25) is 0 Å². The molecule has 0 aliphatic rings. The van der Waals surface area contributed by atoms with Gasteiger partial charge in [0, 0.05) is 11.5 Å². The third-order valence-electron chi connectivity index (χ3n) is 2.55. The molecule has 1 aromatic heterocycles. The van der Waals surface area contributed by atoms with Gasteiger partial charge in [0.15, 0.2) is 0 Å². The van der Waals surface area contributed by atoms with Crippen molar-refractivity contribution in [2.24, 2.45) is 5.14 Å². The van der Waals surface area contributed by atoms with E-state index in [2.05, 4.69) is 14.7 Å².